The Morgan fingerprint density at radius 2 is 2.15 bits per heavy atom. The Hall–Kier alpha value is -1.82. The lowest BCUT2D eigenvalue weighted by Crippen LogP contribution is -2.26. The average molecular weight is 296 g/mol. The lowest BCUT2D eigenvalue weighted by Gasteiger charge is -2.08. The predicted molar refractivity (Wildman–Crippen MR) is 76.8 cm³/mol. The van der Waals surface area contributed by atoms with E-state index in [1.54, 1.807) is 9.36 Å². The second kappa shape index (κ2) is 5.66. The zero-order valence-electron chi connectivity index (χ0n) is 12.1. The van der Waals surface area contributed by atoms with Crippen LogP contribution >= 0.6 is 11.6 Å². The van der Waals surface area contributed by atoms with Crippen LogP contribution in [0.4, 0.5) is 0 Å². The van der Waals surface area contributed by atoms with Crippen molar-refractivity contribution in [2.75, 3.05) is 0 Å². The Labute approximate surface area is 122 Å². The number of amides is 1. The van der Waals surface area contributed by atoms with E-state index < -0.39 is 0 Å². The molecule has 0 radical (unpaired) electrons. The van der Waals surface area contributed by atoms with Crippen molar-refractivity contribution in [2.45, 2.75) is 33.9 Å². The summed E-state index contributed by atoms with van der Waals surface area (Å²) in [6.45, 7) is 6.84. The van der Waals surface area contributed by atoms with E-state index in [-0.39, 0.29) is 5.91 Å². The number of rotatable bonds is 4. The summed E-state index contributed by atoms with van der Waals surface area (Å²) in [5.74, 6) is -0.225. The molecule has 2 heterocycles. The van der Waals surface area contributed by atoms with Gasteiger partial charge in [-0.15, -0.1) is 0 Å². The van der Waals surface area contributed by atoms with Gasteiger partial charge in [0.15, 0.2) is 0 Å². The van der Waals surface area contributed by atoms with E-state index >= 15 is 0 Å². The molecular formula is C13H18ClN5O. The Kier molecular flexibility index (Phi) is 4.13. The highest BCUT2D eigenvalue weighted by Gasteiger charge is 2.17. The molecule has 0 saturated heterocycles. The maximum absolute atomic E-state index is 12.2. The SMILES string of the molecule is CCn1ncc(Cl)c1C(=O)NCc1c(C)nn(C)c1C. The molecule has 6 nitrogen and oxygen atoms in total. The summed E-state index contributed by atoms with van der Waals surface area (Å²) < 4.78 is 3.39. The van der Waals surface area contributed by atoms with Crippen LogP contribution in [0.3, 0.4) is 0 Å². The first-order chi connectivity index (χ1) is 9.45. The van der Waals surface area contributed by atoms with Crippen molar-refractivity contribution in [3.05, 3.63) is 33.9 Å². The molecule has 0 bridgehead atoms. The summed E-state index contributed by atoms with van der Waals surface area (Å²) in [6.07, 6.45) is 1.49. The van der Waals surface area contributed by atoms with Gasteiger partial charge in [0.1, 0.15) is 5.69 Å². The quantitative estimate of drug-likeness (QED) is 0.936. The van der Waals surface area contributed by atoms with Crippen molar-refractivity contribution in [1.29, 1.82) is 0 Å². The zero-order chi connectivity index (χ0) is 14.9. The molecule has 2 rings (SSSR count). The van der Waals surface area contributed by atoms with Crippen molar-refractivity contribution in [3.63, 3.8) is 0 Å². The Morgan fingerprint density at radius 3 is 2.70 bits per heavy atom. The van der Waals surface area contributed by atoms with Gasteiger partial charge in [-0.2, -0.15) is 10.2 Å². The van der Waals surface area contributed by atoms with Crippen LogP contribution in [-0.4, -0.2) is 25.5 Å². The number of nitrogens with zero attached hydrogens (tertiary/aromatic N) is 4. The van der Waals surface area contributed by atoms with E-state index in [9.17, 15) is 4.79 Å². The van der Waals surface area contributed by atoms with Crippen molar-refractivity contribution in [3.8, 4) is 0 Å². The molecule has 0 fully saturated rings. The van der Waals surface area contributed by atoms with Gasteiger partial charge in [0.2, 0.25) is 0 Å². The third kappa shape index (κ3) is 2.56. The molecule has 0 atom stereocenters. The van der Waals surface area contributed by atoms with Crippen LogP contribution in [-0.2, 0) is 20.1 Å². The molecular weight excluding hydrogens is 278 g/mol. The van der Waals surface area contributed by atoms with E-state index in [0.29, 0.717) is 23.8 Å². The minimum absolute atomic E-state index is 0.225. The van der Waals surface area contributed by atoms with Gasteiger partial charge >= 0.3 is 0 Å². The molecule has 1 N–H and O–H groups in total. The smallest absolute Gasteiger partial charge is 0.271 e. The standard InChI is InChI=1S/C13H18ClN5O/c1-5-19-12(11(14)7-16-19)13(20)15-6-10-8(2)17-18(4)9(10)3/h7H,5-6H2,1-4H3,(H,15,20). The van der Waals surface area contributed by atoms with Crippen LogP contribution in [0, 0.1) is 13.8 Å². The summed E-state index contributed by atoms with van der Waals surface area (Å²) >= 11 is 6.01. The topological polar surface area (TPSA) is 64.7 Å². The highest BCUT2D eigenvalue weighted by Crippen LogP contribution is 2.16. The van der Waals surface area contributed by atoms with Crippen molar-refractivity contribution in [2.24, 2.45) is 7.05 Å². The highest BCUT2D eigenvalue weighted by molar-refractivity contribution is 6.33. The number of aryl methyl sites for hydroxylation is 3. The van der Waals surface area contributed by atoms with Gasteiger partial charge in [0, 0.05) is 31.4 Å². The number of hydrogen-bond donors (Lipinski definition) is 1. The molecule has 2 aromatic heterocycles. The van der Waals surface area contributed by atoms with Crippen LogP contribution < -0.4 is 5.32 Å². The molecule has 0 saturated carbocycles. The van der Waals surface area contributed by atoms with E-state index in [1.807, 2.05) is 27.8 Å². The molecule has 0 unspecified atom stereocenters. The minimum atomic E-state index is -0.225. The van der Waals surface area contributed by atoms with Crippen molar-refractivity contribution in [1.82, 2.24) is 24.9 Å². The molecule has 1 amide bonds. The van der Waals surface area contributed by atoms with E-state index in [1.165, 1.54) is 6.20 Å². The Morgan fingerprint density at radius 1 is 1.45 bits per heavy atom. The van der Waals surface area contributed by atoms with Gasteiger partial charge in [-0.3, -0.25) is 14.2 Å². The van der Waals surface area contributed by atoms with Gasteiger partial charge in [0.05, 0.1) is 16.9 Å². The zero-order valence-corrected chi connectivity index (χ0v) is 12.8. The number of halogens is 1. The van der Waals surface area contributed by atoms with Crippen LogP contribution in [0.2, 0.25) is 5.02 Å². The largest absolute Gasteiger partial charge is 0.346 e. The Bertz CT molecular complexity index is 643. The van der Waals surface area contributed by atoms with E-state index in [2.05, 4.69) is 15.5 Å². The molecule has 20 heavy (non-hydrogen) atoms. The lowest BCUT2D eigenvalue weighted by molar-refractivity contribution is 0.0940. The molecule has 0 aliphatic heterocycles. The predicted octanol–water partition coefficient (Wildman–Crippen LogP) is 1.84. The average Bonchev–Trinajstić information content (AvgIpc) is 2.89. The van der Waals surface area contributed by atoms with Crippen molar-refractivity contribution >= 4 is 17.5 Å². The fourth-order valence-corrected chi connectivity index (χ4v) is 2.38. The van der Waals surface area contributed by atoms with E-state index in [4.69, 9.17) is 11.6 Å². The van der Waals surface area contributed by atoms with Crippen molar-refractivity contribution < 1.29 is 4.79 Å². The summed E-state index contributed by atoms with van der Waals surface area (Å²) in [7, 11) is 1.89. The van der Waals surface area contributed by atoms with Gasteiger partial charge in [-0.25, -0.2) is 0 Å². The summed E-state index contributed by atoms with van der Waals surface area (Å²) in [5.41, 5.74) is 3.38. The molecule has 7 heteroatoms. The maximum atomic E-state index is 12.2. The first kappa shape index (κ1) is 14.6. The van der Waals surface area contributed by atoms with E-state index in [0.717, 1.165) is 17.0 Å². The summed E-state index contributed by atoms with van der Waals surface area (Å²) in [4.78, 5) is 12.2. The second-order valence-corrected chi connectivity index (χ2v) is 5.02. The van der Waals surface area contributed by atoms with Crippen LogP contribution in [0.5, 0.6) is 0 Å². The number of carbonyl (C=O) groups excluding carboxylic acids is 1. The van der Waals surface area contributed by atoms with Gasteiger partial charge in [-0.1, -0.05) is 11.6 Å². The Balaban J connectivity index is 2.15. The third-order valence-electron chi connectivity index (χ3n) is 3.39. The molecule has 0 aliphatic carbocycles. The first-order valence-electron chi connectivity index (χ1n) is 6.44. The number of aromatic nitrogens is 4. The van der Waals surface area contributed by atoms with Crippen LogP contribution in [0.25, 0.3) is 0 Å². The van der Waals surface area contributed by atoms with Crippen LogP contribution in [0.1, 0.15) is 34.4 Å². The first-order valence-corrected chi connectivity index (χ1v) is 6.82. The maximum Gasteiger partial charge on any atom is 0.271 e. The fourth-order valence-electron chi connectivity index (χ4n) is 2.15. The third-order valence-corrected chi connectivity index (χ3v) is 3.67. The molecule has 108 valence electrons. The molecule has 2 aromatic rings. The normalized spacial score (nSPS) is 10.8. The number of carbonyl (C=O) groups is 1. The fraction of sp³-hybridized carbons (Fsp3) is 0.462. The number of nitrogens with one attached hydrogen (secondary N) is 1. The van der Waals surface area contributed by atoms with Gasteiger partial charge in [-0.05, 0) is 20.8 Å². The number of hydrogen-bond acceptors (Lipinski definition) is 3. The second-order valence-electron chi connectivity index (χ2n) is 4.61. The molecule has 0 spiro atoms. The van der Waals surface area contributed by atoms with Gasteiger partial charge in [0.25, 0.3) is 5.91 Å². The van der Waals surface area contributed by atoms with Gasteiger partial charge < -0.3 is 5.32 Å². The summed E-state index contributed by atoms with van der Waals surface area (Å²) in [6, 6.07) is 0. The molecule has 0 aromatic carbocycles. The van der Waals surface area contributed by atoms with Crippen LogP contribution in [0.15, 0.2) is 6.20 Å². The lowest BCUT2D eigenvalue weighted by atomic mass is 10.2. The molecule has 0 aliphatic rings. The monoisotopic (exact) mass is 295 g/mol. The summed E-state index contributed by atoms with van der Waals surface area (Å²) in [5, 5.41) is 11.6. The highest BCUT2D eigenvalue weighted by atomic mass is 35.5. The minimum Gasteiger partial charge on any atom is -0.346 e.